The molecule has 1 heterocycles. The summed E-state index contributed by atoms with van der Waals surface area (Å²) in [6, 6.07) is 3.61. The van der Waals surface area contributed by atoms with Crippen LogP contribution >= 0.6 is 15.9 Å². The zero-order valence-corrected chi connectivity index (χ0v) is 18.6. The second-order valence-electron chi connectivity index (χ2n) is 6.09. The standard InChI is InChI=1S/C20H27BrN2O6/c1-5-10-29-20(25)17-16(21)15(13(23-17)11-22-8-9-24)12-6-7-14(26-2)19(28-4)18(12)27-3/h6-7,22-24H,5,8-11H2,1-4H3. The highest BCUT2D eigenvalue weighted by Crippen LogP contribution is 2.47. The molecule has 1 aromatic carbocycles. The molecule has 0 aliphatic heterocycles. The SMILES string of the molecule is CCCOC(=O)c1[nH]c(CNCCO)c(-c2ccc(OC)c(OC)c2OC)c1Br. The maximum absolute atomic E-state index is 12.5. The number of nitrogens with one attached hydrogen (secondary N) is 2. The van der Waals surface area contributed by atoms with E-state index < -0.39 is 5.97 Å². The van der Waals surface area contributed by atoms with Crippen LogP contribution in [0.25, 0.3) is 11.1 Å². The third kappa shape index (κ3) is 5.04. The highest BCUT2D eigenvalue weighted by molar-refractivity contribution is 9.10. The summed E-state index contributed by atoms with van der Waals surface area (Å²) in [5, 5.41) is 12.2. The van der Waals surface area contributed by atoms with Crippen LogP contribution < -0.4 is 19.5 Å². The molecular weight excluding hydrogens is 444 g/mol. The number of rotatable bonds is 11. The maximum Gasteiger partial charge on any atom is 0.355 e. The second kappa shape index (κ2) is 11.1. The van der Waals surface area contributed by atoms with Crippen LogP contribution in [-0.2, 0) is 11.3 Å². The lowest BCUT2D eigenvalue weighted by Gasteiger charge is -2.16. The Hall–Kier alpha value is -2.23. The smallest absolute Gasteiger partial charge is 0.355 e. The van der Waals surface area contributed by atoms with Crippen LogP contribution in [0.15, 0.2) is 16.6 Å². The average Bonchev–Trinajstić information content (AvgIpc) is 3.06. The summed E-state index contributed by atoms with van der Waals surface area (Å²) in [6.45, 7) is 3.07. The van der Waals surface area contributed by atoms with E-state index in [9.17, 15) is 4.79 Å². The topological polar surface area (TPSA) is 102 Å². The minimum atomic E-state index is -0.451. The predicted molar refractivity (Wildman–Crippen MR) is 113 cm³/mol. The number of carbonyl (C=O) groups is 1. The van der Waals surface area contributed by atoms with E-state index in [0.29, 0.717) is 52.7 Å². The number of halogens is 1. The molecule has 0 bridgehead atoms. The Balaban J connectivity index is 2.63. The lowest BCUT2D eigenvalue weighted by atomic mass is 10.0. The maximum atomic E-state index is 12.5. The van der Waals surface area contributed by atoms with Crippen molar-refractivity contribution in [1.29, 1.82) is 0 Å². The molecular formula is C20H27BrN2O6. The van der Waals surface area contributed by atoms with Gasteiger partial charge >= 0.3 is 5.97 Å². The number of aliphatic hydroxyl groups excluding tert-OH is 1. The van der Waals surface area contributed by atoms with E-state index in [1.165, 1.54) is 7.11 Å². The number of carbonyl (C=O) groups excluding carboxylic acids is 1. The van der Waals surface area contributed by atoms with Gasteiger partial charge in [0, 0.05) is 29.9 Å². The van der Waals surface area contributed by atoms with Gasteiger partial charge in [0.15, 0.2) is 11.5 Å². The molecule has 8 nitrogen and oxygen atoms in total. The average molecular weight is 471 g/mol. The number of aromatic nitrogens is 1. The van der Waals surface area contributed by atoms with Gasteiger partial charge in [0.2, 0.25) is 5.75 Å². The van der Waals surface area contributed by atoms with Crippen LogP contribution in [0.3, 0.4) is 0 Å². The van der Waals surface area contributed by atoms with Crippen LogP contribution in [0, 0.1) is 0 Å². The molecule has 0 saturated carbocycles. The van der Waals surface area contributed by atoms with Crippen molar-refractivity contribution in [1.82, 2.24) is 10.3 Å². The third-order valence-electron chi connectivity index (χ3n) is 4.22. The van der Waals surface area contributed by atoms with E-state index in [1.807, 2.05) is 13.0 Å². The van der Waals surface area contributed by atoms with Gasteiger partial charge in [-0.15, -0.1) is 0 Å². The first kappa shape index (κ1) is 23.1. The Morgan fingerprint density at radius 1 is 1.17 bits per heavy atom. The fourth-order valence-electron chi connectivity index (χ4n) is 2.94. The molecule has 0 aliphatic rings. The third-order valence-corrected chi connectivity index (χ3v) is 5.01. The Morgan fingerprint density at radius 2 is 1.90 bits per heavy atom. The van der Waals surface area contributed by atoms with E-state index in [0.717, 1.165) is 17.7 Å². The second-order valence-corrected chi connectivity index (χ2v) is 6.88. The summed E-state index contributed by atoms with van der Waals surface area (Å²) in [5.41, 5.74) is 2.49. The van der Waals surface area contributed by atoms with Crippen molar-refractivity contribution in [3.05, 3.63) is 28.0 Å². The van der Waals surface area contributed by atoms with Gasteiger partial charge in [0.05, 0.1) is 39.0 Å². The summed E-state index contributed by atoms with van der Waals surface area (Å²) in [5.74, 6) is 1.00. The molecule has 0 fully saturated rings. The number of benzene rings is 1. The Labute approximate surface area is 178 Å². The number of hydrogen-bond acceptors (Lipinski definition) is 7. The molecule has 0 radical (unpaired) electrons. The number of hydrogen-bond donors (Lipinski definition) is 3. The molecule has 0 unspecified atom stereocenters. The first-order valence-corrected chi connectivity index (χ1v) is 10.0. The highest BCUT2D eigenvalue weighted by atomic mass is 79.9. The number of aromatic amines is 1. The molecule has 0 saturated heterocycles. The van der Waals surface area contributed by atoms with Gasteiger partial charge in [-0.05, 0) is 34.5 Å². The summed E-state index contributed by atoms with van der Waals surface area (Å²) in [4.78, 5) is 15.6. The van der Waals surface area contributed by atoms with E-state index in [1.54, 1.807) is 20.3 Å². The quantitative estimate of drug-likeness (QED) is 0.342. The van der Waals surface area contributed by atoms with Crippen LogP contribution in [0.5, 0.6) is 17.2 Å². The van der Waals surface area contributed by atoms with Gasteiger partial charge in [-0.1, -0.05) is 6.92 Å². The minimum Gasteiger partial charge on any atom is -0.493 e. The molecule has 29 heavy (non-hydrogen) atoms. The molecule has 9 heteroatoms. The Kier molecular flexibility index (Phi) is 8.81. The van der Waals surface area contributed by atoms with Crippen molar-refractivity contribution in [2.24, 2.45) is 0 Å². The van der Waals surface area contributed by atoms with Crippen LogP contribution in [0.2, 0.25) is 0 Å². The number of H-pyrrole nitrogens is 1. The van der Waals surface area contributed by atoms with Crippen molar-refractivity contribution in [3.63, 3.8) is 0 Å². The fraction of sp³-hybridized carbons (Fsp3) is 0.450. The van der Waals surface area contributed by atoms with Crippen molar-refractivity contribution in [2.45, 2.75) is 19.9 Å². The van der Waals surface area contributed by atoms with Crippen LogP contribution in [-0.4, -0.2) is 57.1 Å². The van der Waals surface area contributed by atoms with E-state index in [4.69, 9.17) is 24.1 Å². The minimum absolute atomic E-state index is 0.00227. The molecule has 0 amide bonds. The molecule has 1 aromatic heterocycles. The van der Waals surface area contributed by atoms with Crippen molar-refractivity contribution >= 4 is 21.9 Å². The zero-order chi connectivity index (χ0) is 21.4. The predicted octanol–water partition coefficient (Wildman–Crippen LogP) is 3.12. The Bertz CT molecular complexity index is 837. The molecule has 0 atom stereocenters. The highest BCUT2D eigenvalue weighted by Gasteiger charge is 2.26. The number of methoxy groups -OCH3 is 3. The molecule has 160 valence electrons. The zero-order valence-electron chi connectivity index (χ0n) is 17.1. The van der Waals surface area contributed by atoms with E-state index in [2.05, 4.69) is 26.2 Å². The lowest BCUT2D eigenvalue weighted by Crippen LogP contribution is -2.18. The van der Waals surface area contributed by atoms with Gasteiger partial charge in [-0.2, -0.15) is 0 Å². The van der Waals surface area contributed by atoms with Gasteiger partial charge in [-0.25, -0.2) is 4.79 Å². The largest absolute Gasteiger partial charge is 0.493 e. The number of aliphatic hydroxyl groups is 1. The van der Waals surface area contributed by atoms with Gasteiger partial charge in [-0.3, -0.25) is 0 Å². The summed E-state index contributed by atoms with van der Waals surface area (Å²) in [7, 11) is 4.63. The van der Waals surface area contributed by atoms with Crippen LogP contribution in [0.4, 0.5) is 0 Å². The van der Waals surface area contributed by atoms with Gasteiger partial charge < -0.3 is 34.4 Å². The van der Waals surface area contributed by atoms with Crippen molar-refractivity contribution < 1.29 is 28.8 Å². The van der Waals surface area contributed by atoms with Crippen molar-refractivity contribution in [3.8, 4) is 28.4 Å². The molecule has 2 rings (SSSR count). The number of esters is 1. The number of ether oxygens (including phenoxy) is 4. The van der Waals surface area contributed by atoms with Gasteiger partial charge in [0.25, 0.3) is 0 Å². The van der Waals surface area contributed by atoms with Crippen molar-refractivity contribution in [2.75, 3.05) is 41.1 Å². The molecule has 0 spiro atoms. The van der Waals surface area contributed by atoms with Crippen LogP contribution in [0.1, 0.15) is 29.5 Å². The normalized spacial score (nSPS) is 10.7. The van der Waals surface area contributed by atoms with E-state index >= 15 is 0 Å². The van der Waals surface area contributed by atoms with Gasteiger partial charge in [0.1, 0.15) is 5.69 Å². The summed E-state index contributed by atoms with van der Waals surface area (Å²) < 4.78 is 22.3. The molecule has 0 aliphatic carbocycles. The Morgan fingerprint density at radius 3 is 2.48 bits per heavy atom. The summed E-state index contributed by atoms with van der Waals surface area (Å²) in [6.07, 6.45) is 0.728. The first-order valence-electron chi connectivity index (χ1n) is 9.22. The monoisotopic (exact) mass is 470 g/mol. The summed E-state index contributed by atoms with van der Waals surface area (Å²) >= 11 is 3.55. The van der Waals surface area contributed by atoms with E-state index in [-0.39, 0.29) is 6.61 Å². The molecule has 3 N–H and O–H groups in total. The molecule has 2 aromatic rings. The first-order chi connectivity index (χ1) is 14.0. The lowest BCUT2D eigenvalue weighted by molar-refractivity contribution is 0.0497. The fourth-order valence-corrected chi connectivity index (χ4v) is 3.65.